The van der Waals surface area contributed by atoms with Crippen molar-refractivity contribution in [3.63, 3.8) is 0 Å². The SMILES string of the molecule is O=C(COC(=O)C1CCCN1C(=O)c1cccs1)Nc1nc(-c2cccc(Br)c2)cs1. The normalized spacial score (nSPS) is 15.6. The molecule has 1 aliphatic rings. The Labute approximate surface area is 195 Å². The lowest BCUT2D eigenvalue weighted by Gasteiger charge is -2.22. The number of benzene rings is 1. The number of anilines is 1. The fourth-order valence-electron chi connectivity index (χ4n) is 3.30. The minimum absolute atomic E-state index is 0.179. The number of ether oxygens (including phenoxy) is 1. The Morgan fingerprint density at radius 2 is 2.10 bits per heavy atom. The quantitative estimate of drug-likeness (QED) is 0.487. The first-order valence-electron chi connectivity index (χ1n) is 9.53. The van der Waals surface area contributed by atoms with Crippen LogP contribution in [0.25, 0.3) is 11.3 Å². The van der Waals surface area contributed by atoms with Gasteiger partial charge in [-0.2, -0.15) is 0 Å². The smallest absolute Gasteiger partial charge is 0.329 e. The Hall–Kier alpha value is -2.56. The molecule has 0 spiro atoms. The third kappa shape index (κ3) is 5.20. The Balaban J connectivity index is 1.30. The molecule has 1 N–H and O–H groups in total. The van der Waals surface area contributed by atoms with Gasteiger partial charge in [-0.15, -0.1) is 22.7 Å². The van der Waals surface area contributed by atoms with Gasteiger partial charge >= 0.3 is 5.97 Å². The molecule has 0 saturated carbocycles. The summed E-state index contributed by atoms with van der Waals surface area (Å²) in [6, 6.07) is 10.6. The van der Waals surface area contributed by atoms with E-state index in [0.717, 1.165) is 22.2 Å². The maximum Gasteiger partial charge on any atom is 0.329 e. The molecule has 160 valence electrons. The van der Waals surface area contributed by atoms with E-state index in [9.17, 15) is 14.4 Å². The highest BCUT2D eigenvalue weighted by atomic mass is 79.9. The summed E-state index contributed by atoms with van der Waals surface area (Å²) in [6.07, 6.45) is 1.25. The van der Waals surface area contributed by atoms with Crippen molar-refractivity contribution in [3.05, 3.63) is 56.5 Å². The van der Waals surface area contributed by atoms with Crippen LogP contribution in [0.1, 0.15) is 22.5 Å². The topological polar surface area (TPSA) is 88.6 Å². The maximum absolute atomic E-state index is 12.6. The summed E-state index contributed by atoms with van der Waals surface area (Å²) >= 11 is 6.05. The van der Waals surface area contributed by atoms with Gasteiger partial charge in [-0.3, -0.25) is 14.9 Å². The van der Waals surface area contributed by atoms with Crippen molar-refractivity contribution < 1.29 is 19.1 Å². The number of halogens is 1. The zero-order valence-corrected chi connectivity index (χ0v) is 19.5. The van der Waals surface area contributed by atoms with Crippen LogP contribution in [0, 0.1) is 0 Å². The summed E-state index contributed by atoms with van der Waals surface area (Å²) in [5.74, 6) is -1.22. The molecule has 4 rings (SSSR count). The van der Waals surface area contributed by atoms with Gasteiger partial charge < -0.3 is 9.64 Å². The van der Waals surface area contributed by atoms with E-state index in [1.807, 2.05) is 35.0 Å². The molecule has 1 saturated heterocycles. The summed E-state index contributed by atoms with van der Waals surface area (Å²) in [4.78, 5) is 43.8. The first-order valence-corrected chi connectivity index (χ1v) is 12.1. The van der Waals surface area contributed by atoms with Crippen LogP contribution in [-0.2, 0) is 14.3 Å². The zero-order chi connectivity index (χ0) is 21.8. The number of hydrogen-bond donors (Lipinski definition) is 1. The molecule has 2 amide bonds. The number of carbonyl (C=O) groups is 3. The standard InChI is InChI=1S/C21H18BrN3O4S2/c22-14-5-1-4-13(10-14)15-12-31-21(23-15)24-18(26)11-29-20(28)16-6-2-8-25(16)19(27)17-7-3-9-30-17/h1,3-5,7,9-10,12,16H,2,6,8,11H2,(H,23,24,26). The maximum atomic E-state index is 12.6. The molecular formula is C21H18BrN3O4S2. The zero-order valence-electron chi connectivity index (χ0n) is 16.2. The lowest BCUT2D eigenvalue weighted by atomic mass is 10.2. The Morgan fingerprint density at radius 3 is 2.87 bits per heavy atom. The van der Waals surface area contributed by atoms with E-state index in [0.29, 0.717) is 23.0 Å². The third-order valence-electron chi connectivity index (χ3n) is 4.73. The van der Waals surface area contributed by atoms with Crippen LogP contribution in [0.3, 0.4) is 0 Å². The first-order chi connectivity index (χ1) is 15.0. The van der Waals surface area contributed by atoms with Crippen LogP contribution >= 0.6 is 38.6 Å². The molecule has 10 heteroatoms. The van der Waals surface area contributed by atoms with Crippen molar-refractivity contribution in [3.8, 4) is 11.3 Å². The highest BCUT2D eigenvalue weighted by Crippen LogP contribution is 2.27. The number of nitrogens with zero attached hydrogens (tertiary/aromatic N) is 2. The van der Waals surface area contributed by atoms with E-state index < -0.39 is 24.5 Å². The van der Waals surface area contributed by atoms with Crippen LogP contribution in [0.2, 0.25) is 0 Å². The second-order valence-corrected chi connectivity index (χ2v) is 9.56. The summed E-state index contributed by atoms with van der Waals surface area (Å²) in [7, 11) is 0. The van der Waals surface area contributed by atoms with Gasteiger partial charge in [-0.1, -0.05) is 34.1 Å². The number of thiazole rings is 1. The number of carbonyl (C=O) groups excluding carboxylic acids is 3. The molecule has 7 nitrogen and oxygen atoms in total. The lowest BCUT2D eigenvalue weighted by molar-refractivity contribution is -0.151. The van der Waals surface area contributed by atoms with Crippen LogP contribution in [-0.4, -0.2) is 46.9 Å². The highest BCUT2D eigenvalue weighted by molar-refractivity contribution is 9.10. The van der Waals surface area contributed by atoms with Gasteiger partial charge in [0.1, 0.15) is 6.04 Å². The third-order valence-corrected chi connectivity index (χ3v) is 6.84. The Bertz CT molecular complexity index is 1100. The van der Waals surface area contributed by atoms with Crippen LogP contribution < -0.4 is 5.32 Å². The fourth-order valence-corrected chi connectivity index (χ4v) is 5.11. The highest BCUT2D eigenvalue weighted by Gasteiger charge is 2.36. The Kier molecular flexibility index (Phi) is 6.79. The molecule has 3 aromatic rings. The molecule has 0 radical (unpaired) electrons. The average molecular weight is 520 g/mol. The minimum atomic E-state index is -0.662. The summed E-state index contributed by atoms with van der Waals surface area (Å²) in [5, 5.41) is 6.74. The van der Waals surface area contributed by atoms with E-state index in [1.54, 1.807) is 12.1 Å². The molecule has 1 aliphatic heterocycles. The number of hydrogen-bond acceptors (Lipinski definition) is 7. The summed E-state index contributed by atoms with van der Waals surface area (Å²) in [5.41, 5.74) is 1.67. The van der Waals surface area contributed by atoms with E-state index >= 15 is 0 Å². The average Bonchev–Trinajstić information content (AvgIpc) is 3.53. The molecule has 0 aliphatic carbocycles. The first kappa shape index (κ1) is 21.7. The Morgan fingerprint density at radius 1 is 1.23 bits per heavy atom. The van der Waals surface area contributed by atoms with Crippen LogP contribution in [0.5, 0.6) is 0 Å². The van der Waals surface area contributed by atoms with E-state index in [4.69, 9.17) is 4.74 Å². The number of nitrogens with one attached hydrogen (secondary N) is 1. The number of esters is 1. The van der Waals surface area contributed by atoms with Gasteiger partial charge in [-0.05, 0) is 36.4 Å². The van der Waals surface area contributed by atoms with E-state index in [2.05, 4.69) is 26.2 Å². The van der Waals surface area contributed by atoms with Crippen molar-refractivity contribution in [1.82, 2.24) is 9.88 Å². The molecule has 1 fully saturated rings. The van der Waals surface area contributed by atoms with Crippen molar-refractivity contribution in [1.29, 1.82) is 0 Å². The number of amides is 2. The second kappa shape index (κ2) is 9.71. The predicted molar refractivity (Wildman–Crippen MR) is 123 cm³/mol. The molecule has 1 aromatic carbocycles. The number of aromatic nitrogens is 1. The van der Waals surface area contributed by atoms with Crippen molar-refractivity contribution in [2.24, 2.45) is 0 Å². The number of thiophene rings is 1. The van der Waals surface area contributed by atoms with Gasteiger partial charge in [0.2, 0.25) is 0 Å². The van der Waals surface area contributed by atoms with Gasteiger partial charge in [0, 0.05) is 22.0 Å². The fraction of sp³-hybridized carbons (Fsp3) is 0.238. The molecule has 1 unspecified atom stereocenters. The molecule has 0 bridgehead atoms. The molecular weight excluding hydrogens is 502 g/mol. The van der Waals surface area contributed by atoms with E-state index in [1.165, 1.54) is 27.6 Å². The van der Waals surface area contributed by atoms with Crippen LogP contribution in [0.15, 0.2) is 51.6 Å². The van der Waals surface area contributed by atoms with Crippen molar-refractivity contribution >= 4 is 61.5 Å². The molecule has 1 atom stereocenters. The van der Waals surface area contributed by atoms with Gasteiger partial charge in [-0.25, -0.2) is 9.78 Å². The minimum Gasteiger partial charge on any atom is -0.454 e. The molecule has 2 aromatic heterocycles. The summed E-state index contributed by atoms with van der Waals surface area (Å²) < 4.78 is 6.13. The number of likely N-dealkylation sites (tertiary alicyclic amines) is 1. The molecule has 3 heterocycles. The second-order valence-electron chi connectivity index (χ2n) is 6.84. The van der Waals surface area contributed by atoms with Crippen LogP contribution in [0.4, 0.5) is 5.13 Å². The molecule has 31 heavy (non-hydrogen) atoms. The summed E-state index contributed by atoms with van der Waals surface area (Å²) in [6.45, 7) is 0.0718. The monoisotopic (exact) mass is 519 g/mol. The van der Waals surface area contributed by atoms with Gasteiger partial charge in [0.15, 0.2) is 11.7 Å². The van der Waals surface area contributed by atoms with Crippen molar-refractivity contribution in [2.45, 2.75) is 18.9 Å². The van der Waals surface area contributed by atoms with Gasteiger partial charge in [0.05, 0.1) is 10.6 Å². The van der Waals surface area contributed by atoms with Gasteiger partial charge in [0.25, 0.3) is 11.8 Å². The lowest BCUT2D eigenvalue weighted by Crippen LogP contribution is -2.41. The van der Waals surface area contributed by atoms with Crippen molar-refractivity contribution in [2.75, 3.05) is 18.5 Å². The number of rotatable bonds is 6. The van der Waals surface area contributed by atoms with E-state index in [-0.39, 0.29) is 5.91 Å². The largest absolute Gasteiger partial charge is 0.454 e. The predicted octanol–water partition coefficient (Wildman–Crippen LogP) is 4.42.